The Bertz CT molecular complexity index is 606. The molecule has 3 rings (SSSR count). The normalized spacial score (nSPS) is 18.5. The molecule has 0 spiro atoms. The Hall–Kier alpha value is -1.66. The van der Waals surface area contributed by atoms with Crippen LogP contribution in [0.25, 0.3) is 11.0 Å². The number of benzene rings is 1. The van der Waals surface area contributed by atoms with Gasteiger partial charge in [-0.25, -0.2) is 9.37 Å². The molecule has 20 heavy (non-hydrogen) atoms. The molecule has 2 heterocycles. The molecule has 0 bridgehead atoms. The first kappa shape index (κ1) is 13.3. The smallest absolute Gasteiger partial charge is 0.201 e. The number of fused-ring (bicyclic) bond motifs is 1. The van der Waals surface area contributed by atoms with E-state index in [2.05, 4.69) is 16.8 Å². The summed E-state index contributed by atoms with van der Waals surface area (Å²) in [5.74, 6) is 0.170. The lowest BCUT2D eigenvalue weighted by molar-refractivity contribution is 0.0329. The minimum absolute atomic E-state index is 0.139. The van der Waals surface area contributed by atoms with Gasteiger partial charge >= 0.3 is 0 Å². The first-order valence-corrected chi connectivity index (χ1v) is 6.88. The van der Waals surface area contributed by atoms with E-state index in [1.54, 1.807) is 6.07 Å². The SMILES string of the molecule is CC(CN1CCOCC1)n1c(N)nc2ccc(F)cc21. The average molecular weight is 278 g/mol. The average Bonchev–Trinajstić information content (AvgIpc) is 2.75. The highest BCUT2D eigenvalue weighted by atomic mass is 19.1. The molecule has 1 atom stereocenters. The van der Waals surface area contributed by atoms with Crippen LogP contribution >= 0.6 is 0 Å². The van der Waals surface area contributed by atoms with Crippen molar-refractivity contribution in [1.29, 1.82) is 0 Å². The molecule has 0 radical (unpaired) electrons. The largest absolute Gasteiger partial charge is 0.379 e. The summed E-state index contributed by atoms with van der Waals surface area (Å²) in [5, 5.41) is 0. The molecule has 108 valence electrons. The van der Waals surface area contributed by atoms with Gasteiger partial charge in [-0.2, -0.15) is 0 Å². The molecule has 2 N–H and O–H groups in total. The van der Waals surface area contributed by atoms with E-state index < -0.39 is 0 Å². The first-order valence-electron chi connectivity index (χ1n) is 6.88. The number of halogens is 1. The number of morpholine rings is 1. The minimum atomic E-state index is -0.266. The van der Waals surface area contributed by atoms with Crippen LogP contribution in [0.4, 0.5) is 10.3 Å². The van der Waals surface area contributed by atoms with Crippen molar-refractivity contribution in [3.63, 3.8) is 0 Å². The van der Waals surface area contributed by atoms with Crippen molar-refractivity contribution < 1.29 is 9.13 Å². The highest BCUT2D eigenvalue weighted by Crippen LogP contribution is 2.24. The fourth-order valence-electron chi connectivity index (χ4n) is 2.79. The van der Waals surface area contributed by atoms with E-state index in [9.17, 15) is 4.39 Å². The molecule has 0 amide bonds. The van der Waals surface area contributed by atoms with E-state index >= 15 is 0 Å². The van der Waals surface area contributed by atoms with Gasteiger partial charge < -0.3 is 15.0 Å². The third-order valence-electron chi connectivity index (χ3n) is 3.75. The predicted octanol–water partition coefficient (Wildman–Crippen LogP) is 1.65. The number of nitrogen functional groups attached to an aromatic ring is 1. The highest BCUT2D eigenvalue weighted by molar-refractivity contribution is 5.78. The Labute approximate surface area is 117 Å². The van der Waals surface area contributed by atoms with Gasteiger partial charge in [-0.3, -0.25) is 4.90 Å². The summed E-state index contributed by atoms with van der Waals surface area (Å²) in [6, 6.07) is 4.71. The standard InChI is InChI=1S/C14H19FN4O/c1-10(9-18-4-6-20-7-5-18)19-13-8-11(15)2-3-12(13)17-14(19)16/h2-3,8,10H,4-7,9H2,1H3,(H2,16,17). The summed E-state index contributed by atoms with van der Waals surface area (Å²) in [6.45, 7) is 6.31. The van der Waals surface area contributed by atoms with Crippen molar-refractivity contribution in [3.05, 3.63) is 24.0 Å². The van der Waals surface area contributed by atoms with Crippen LogP contribution in [0.2, 0.25) is 0 Å². The molecular weight excluding hydrogens is 259 g/mol. The van der Waals surface area contributed by atoms with Crippen LogP contribution in [0.1, 0.15) is 13.0 Å². The number of rotatable bonds is 3. The van der Waals surface area contributed by atoms with Gasteiger partial charge in [0.25, 0.3) is 0 Å². The molecule has 1 unspecified atom stereocenters. The van der Waals surface area contributed by atoms with E-state index in [-0.39, 0.29) is 11.9 Å². The second kappa shape index (κ2) is 5.38. The first-order chi connectivity index (χ1) is 9.65. The number of nitrogens with zero attached hydrogens (tertiary/aromatic N) is 3. The Kier molecular flexibility index (Phi) is 3.58. The number of aromatic nitrogens is 2. The molecule has 1 saturated heterocycles. The molecule has 1 aliphatic heterocycles. The quantitative estimate of drug-likeness (QED) is 0.927. The van der Waals surface area contributed by atoms with Crippen LogP contribution in [-0.2, 0) is 4.74 Å². The highest BCUT2D eigenvalue weighted by Gasteiger charge is 2.19. The maximum absolute atomic E-state index is 13.4. The zero-order valence-corrected chi connectivity index (χ0v) is 11.6. The number of hydrogen-bond acceptors (Lipinski definition) is 4. The number of nitrogens with two attached hydrogens (primary N) is 1. The molecule has 6 heteroatoms. The van der Waals surface area contributed by atoms with Crippen molar-refractivity contribution in [2.24, 2.45) is 0 Å². The topological polar surface area (TPSA) is 56.3 Å². The van der Waals surface area contributed by atoms with E-state index in [0.29, 0.717) is 5.95 Å². The number of anilines is 1. The molecule has 2 aromatic rings. The Morgan fingerprint density at radius 2 is 2.15 bits per heavy atom. The lowest BCUT2D eigenvalue weighted by Crippen LogP contribution is -2.39. The van der Waals surface area contributed by atoms with Crippen LogP contribution in [-0.4, -0.2) is 47.3 Å². The van der Waals surface area contributed by atoms with Crippen molar-refractivity contribution in [2.75, 3.05) is 38.6 Å². The Morgan fingerprint density at radius 3 is 2.90 bits per heavy atom. The maximum Gasteiger partial charge on any atom is 0.201 e. The lowest BCUT2D eigenvalue weighted by atomic mass is 10.2. The number of hydrogen-bond donors (Lipinski definition) is 1. The molecule has 0 saturated carbocycles. The summed E-state index contributed by atoms with van der Waals surface area (Å²) in [4.78, 5) is 6.63. The maximum atomic E-state index is 13.4. The monoisotopic (exact) mass is 278 g/mol. The summed E-state index contributed by atoms with van der Waals surface area (Å²) < 4.78 is 20.7. The van der Waals surface area contributed by atoms with Gasteiger partial charge in [0.1, 0.15) is 5.82 Å². The fraction of sp³-hybridized carbons (Fsp3) is 0.500. The van der Waals surface area contributed by atoms with Crippen molar-refractivity contribution in [3.8, 4) is 0 Å². The molecule has 0 aliphatic carbocycles. The second-order valence-electron chi connectivity index (χ2n) is 5.24. The zero-order valence-electron chi connectivity index (χ0n) is 11.6. The van der Waals surface area contributed by atoms with Gasteiger partial charge in [0, 0.05) is 25.7 Å². The van der Waals surface area contributed by atoms with Crippen molar-refractivity contribution in [2.45, 2.75) is 13.0 Å². The van der Waals surface area contributed by atoms with Crippen molar-refractivity contribution in [1.82, 2.24) is 14.5 Å². The molecular formula is C14H19FN4O. The molecule has 1 aromatic carbocycles. The van der Waals surface area contributed by atoms with Crippen LogP contribution < -0.4 is 5.73 Å². The van der Waals surface area contributed by atoms with Crippen LogP contribution in [0.15, 0.2) is 18.2 Å². The molecule has 5 nitrogen and oxygen atoms in total. The predicted molar refractivity (Wildman–Crippen MR) is 76.1 cm³/mol. The Balaban J connectivity index is 1.88. The van der Waals surface area contributed by atoms with Gasteiger partial charge in [-0.15, -0.1) is 0 Å². The summed E-state index contributed by atoms with van der Waals surface area (Å²) in [6.07, 6.45) is 0. The van der Waals surface area contributed by atoms with E-state index in [4.69, 9.17) is 10.5 Å². The number of imidazole rings is 1. The van der Waals surface area contributed by atoms with Gasteiger partial charge in [0.05, 0.1) is 24.2 Å². The van der Waals surface area contributed by atoms with Crippen LogP contribution in [0.3, 0.4) is 0 Å². The summed E-state index contributed by atoms with van der Waals surface area (Å²) in [5.41, 5.74) is 7.48. The van der Waals surface area contributed by atoms with E-state index in [1.807, 2.05) is 4.57 Å². The molecule has 1 aliphatic rings. The third-order valence-corrected chi connectivity index (χ3v) is 3.75. The lowest BCUT2D eigenvalue weighted by Gasteiger charge is -2.30. The zero-order chi connectivity index (χ0) is 14.1. The Morgan fingerprint density at radius 1 is 1.40 bits per heavy atom. The van der Waals surface area contributed by atoms with Crippen molar-refractivity contribution >= 4 is 17.0 Å². The third kappa shape index (κ3) is 2.48. The minimum Gasteiger partial charge on any atom is -0.379 e. The molecule has 1 aromatic heterocycles. The summed E-state index contributed by atoms with van der Waals surface area (Å²) in [7, 11) is 0. The van der Waals surface area contributed by atoms with Gasteiger partial charge in [-0.05, 0) is 25.1 Å². The van der Waals surface area contributed by atoms with Crippen LogP contribution in [0, 0.1) is 5.82 Å². The fourth-order valence-corrected chi connectivity index (χ4v) is 2.79. The van der Waals surface area contributed by atoms with Gasteiger partial charge in [0.2, 0.25) is 5.95 Å². The summed E-state index contributed by atoms with van der Waals surface area (Å²) >= 11 is 0. The van der Waals surface area contributed by atoms with Gasteiger partial charge in [0.15, 0.2) is 0 Å². The second-order valence-corrected chi connectivity index (χ2v) is 5.24. The van der Waals surface area contributed by atoms with E-state index in [0.717, 1.165) is 43.9 Å². The molecule has 1 fully saturated rings. The van der Waals surface area contributed by atoms with Crippen LogP contribution in [0.5, 0.6) is 0 Å². The number of ether oxygens (including phenoxy) is 1. The van der Waals surface area contributed by atoms with E-state index in [1.165, 1.54) is 12.1 Å². The van der Waals surface area contributed by atoms with Gasteiger partial charge in [-0.1, -0.05) is 0 Å².